The summed E-state index contributed by atoms with van der Waals surface area (Å²) >= 11 is 0. The van der Waals surface area contributed by atoms with Crippen LogP contribution >= 0.6 is 12.4 Å². The average molecular weight is 332 g/mol. The molecule has 0 fully saturated rings. The summed E-state index contributed by atoms with van der Waals surface area (Å²) in [5, 5.41) is 3.37. The Bertz CT molecular complexity index is 710. The lowest BCUT2D eigenvalue weighted by atomic mass is 10.1. The lowest BCUT2D eigenvalue weighted by molar-refractivity contribution is 0.494. The second-order valence-electron chi connectivity index (χ2n) is 5.19. The lowest BCUT2D eigenvalue weighted by Crippen LogP contribution is -2.16. The van der Waals surface area contributed by atoms with Gasteiger partial charge in [0, 0.05) is 5.56 Å². The zero-order chi connectivity index (χ0) is 15.2. The van der Waals surface area contributed by atoms with Crippen LogP contribution in [-0.2, 0) is 13.0 Å². The van der Waals surface area contributed by atoms with E-state index in [1.807, 2.05) is 18.2 Å². The molecule has 3 aromatic rings. The maximum Gasteiger partial charge on any atom is 0.134 e. The third kappa shape index (κ3) is 4.95. The number of hydrogen-bond acceptors (Lipinski definition) is 2. The molecule has 0 unspecified atom stereocenters. The lowest BCUT2D eigenvalue weighted by Gasteiger charge is -2.03. The molecule has 0 saturated heterocycles. The van der Waals surface area contributed by atoms with E-state index in [9.17, 15) is 4.39 Å². The van der Waals surface area contributed by atoms with Crippen LogP contribution in [0.1, 0.15) is 11.3 Å². The van der Waals surface area contributed by atoms with Gasteiger partial charge in [-0.1, -0.05) is 30.3 Å². The molecule has 0 saturated carbocycles. The molecule has 3 rings (SSSR count). The minimum absolute atomic E-state index is 0. The highest BCUT2D eigenvalue weighted by molar-refractivity contribution is 5.85. The van der Waals surface area contributed by atoms with Crippen molar-refractivity contribution in [3.8, 4) is 11.3 Å². The molecule has 1 N–H and O–H groups in total. The van der Waals surface area contributed by atoms with E-state index in [1.54, 1.807) is 12.1 Å². The predicted molar refractivity (Wildman–Crippen MR) is 93.2 cm³/mol. The molecule has 0 spiro atoms. The summed E-state index contributed by atoms with van der Waals surface area (Å²) in [6.45, 7) is 1.59. The third-order valence-corrected chi connectivity index (χ3v) is 3.52. The molecule has 0 amide bonds. The topological polar surface area (TPSA) is 25.2 Å². The first-order valence-electron chi connectivity index (χ1n) is 7.40. The van der Waals surface area contributed by atoms with Crippen LogP contribution in [0.2, 0.25) is 0 Å². The molecule has 1 aromatic heterocycles. The van der Waals surface area contributed by atoms with Crippen LogP contribution in [-0.4, -0.2) is 6.54 Å². The van der Waals surface area contributed by atoms with Crippen LogP contribution in [0.15, 0.2) is 71.1 Å². The molecule has 23 heavy (non-hydrogen) atoms. The summed E-state index contributed by atoms with van der Waals surface area (Å²) in [7, 11) is 0. The highest BCUT2D eigenvalue weighted by Crippen LogP contribution is 2.22. The second-order valence-corrected chi connectivity index (χ2v) is 5.19. The molecule has 0 aliphatic carbocycles. The van der Waals surface area contributed by atoms with Crippen molar-refractivity contribution < 1.29 is 8.81 Å². The highest BCUT2D eigenvalue weighted by Gasteiger charge is 2.04. The van der Waals surface area contributed by atoms with Gasteiger partial charge in [0.1, 0.15) is 17.3 Å². The molecular formula is C19H19ClFNO. The van der Waals surface area contributed by atoms with Gasteiger partial charge >= 0.3 is 0 Å². The number of halogens is 2. The summed E-state index contributed by atoms with van der Waals surface area (Å²) in [6.07, 6.45) is 0.992. The maximum absolute atomic E-state index is 12.9. The van der Waals surface area contributed by atoms with Crippen LogP contribution < -0.4 is 5.32 Å². The molecule has 1 heterocycles. The molecule has 0 aliphatic rings. The van der Waals surface area contributed by atoms with Crippen molar-refractivity contribution in [2.45, 2.75) is 13.0 Å². The fourth-order valence-corrected chi connectivity index (χ4v) is 2.33. The SMILES string of the molecule is Cl.Fc1ccc(-c2ccc(CNCCc3ccccc3)o2)cc1. The predicted octanol–water partition coefficient (Wildman–Crippen LogP) is 4.84. The van der Waals surface area contributed by atoms with Gasteiger partial charge in [0.15, 0.2) is 0 Å². The van der Waals surface area contributed by atoms with Gasteiger partial charge in [-0.25, -0.2) is 4.39 Å². The van der Waals surface area contributed by atoms with E-state index in [1.165, 1.54) is 17.7 Å². The molecule has 120 valence electrons. The quantitative estimate of drug-likeness (QED) is 0.654. The van der Waals surface area contributed by atoms with Crippen molar-refractivity contribution in [1.29, 1.82) is 0 Å². The zero-order valence-electron chi connectivity index (χ0n) is 12.7. The van der Waals surface area contributed by atoms with Crippen molar-refractivity contribution in [1.82, 2.24) is 5.32 Å². The fourth-order valence-electron chi connectivity index (χ4n) is 2.33. The standard InChI is InChI=1S/C19H18FNO.ClH/c20-17-8-6-16(7-9-17)19-11-10-18(22-19)14-21-13-12-15-4-2-1-3-5-15;/h1-11,21H,12-14H2;1H. The third-order valence-electron chi connectivity index (χ3n) is 3.52. The number of furan rings is 1. The van der Waals surface area contributed by atoms with Crippen molar-refractivity contribution in [3.05, 3.63) is 83.9 Å². The molecule has 0 atom stereocenters. The van der Waals surface area contributed by atoms with Crippen LogP contribution in [0.25, 0.3) is 11.3 Å². The maximum atomic E-state index is 12.9. The number of hydrogen-bond donors (Lipinski definition) is 1. The number of rotatable bonds is 6. The molecule has 2 aromatic carbocycles. The smallest absolute Gasteiger partial charge is 0.134 e. The Balaban J connectivity index is 0.00000192. The van der Waals surface area contributed by atoms with Crippen molar-refractivity contribution in [2.75, 3.05) is 6.54 Å². The van der Waals surface area contributed by atoms with E-state index in [2.05, 4.69) is 29.6 Å². The minimum Gasteiger partial charge on any atom is -0.460 e. The van der Waals surface area contributed by atoms with Gasteiger partial charge in [-0.2, -0.15) is 0 Å². The first kappa shape index (κ1) is 17.3. The minimum atomic E-state index is -0.238. The van der Waals surface area contributed by atoms with Crippen LogP contribution in [0.4, 0.5) is 4.39 Å². The van der Waals surface area contributed by atoms with Gasteiger partial charge in [0.05, 0.1) is 6.54 Å². The van der Waals surface area contributed by atoms with Crippen molar-refractivity contribution in [2.24, 2.45) is 0 Å². The average Bonchev–Trinajstić information content (AvgIpc) is 3.02. The molecule has 0 bridgehead atoms. The zero-order valence-corrected chi connectivity index (χ0v) is 13.5. The summed E-state index contributed by atoms with van der Waals surface area (Å²) in [5.41, 5.74) is 2.21. The first-order valence-corrected chi connectivity index (χ1v) is 7.40. The summed E-state index contributed by atoms with van der Waals surface area (Å²) in [6, 6.07) is 20.6. The monoisotopic (exact) mass is 331 g/mol. The molecule has 0 radical (unpaired) electrons. The Morgan fingerprint density at radius 1 is 0.870 bits per heavy atom. The van der Waals surface area contributed by atoms with E-state index in [-0.39, 0.29) is 18.2 Å². The highest BCUT2D eigenvalue weighted by atomic mass is 35.5. The van der Waals surface area contributed by atoms with Gasteiger partial charge < -0.3 is 9.73 Å². The van der Waals surface area contributed by atoms with E-state index < -0.39 is 0 Å². The fraction of sp³-hybridized carbons (Fsp3) is 0.158. The summed E-state index contributed by atoms with van der Waals surface area (Å²) in [4.78, 5) is 0. The van der Waals surface area contributed by atoms with Crippen molar-refractivity contribution >= 4 is 12.4 Å². The normalized spacial score (nSPS) is 10.3. The molecule has 0 aliphatic heterocycles. The second kappa shape index (κ2) is 8.51. The van der Waals surface area contributed by atoms with Gasteiger partial charge in [0.2, 0.25) is 0 Å². The Morgan fingerprint density at radius 3 is 2.35 bits per heavy atom. The summed E-state index contributed by atoms with van der Waals surface area (Å²) < 4.78 is 18.7. The Morgan fingerprint density at radius 2 is 1.61 bits per heavy atom. The van der Waals surface area contributed by atoms with Crippen molar-refractivity contribution in [3.63, 3.8) is 0 Å². The van der Waals surface area contributed by atoms with Gasteiger partial charge in [-0.15, -0.1) is 12.4 Å². The van der Waals surface area contributed by atoms with Gasteiger partial charge in [-0.05, 0) is 54.9 Å². The Hall–Kier alpha value is -2.10. The van der Waals surface area contributed by atoms with Crippen LogP contribution in [0.3, 0.4) is 0 Å². The molecule has 2 nitrogen and oxygen atoms in total. The summed E-state index contributed by atoms with van der Waals surface area (Å²) in [5.74, 6) is 1.41. The number of benzene rings is 2. The van der Waals surface area contributed by atoms with Crippen LogP contribution in [0.5, 0.6) is 0 Å². The van der Waals surface area contributed by atoms with E-state index >= 15 is 0 Å². The Labute approximate surface area is 141 Å². The van der Waals surface area contributed by atoms with Gasteiger partial charge in [-0.3, -0.25) is 0 Å². The van der Waals surface area contributed by atoms with Crippen LogP contribution in [0, 0.1) is 5.82 Å². The molecule has 4 heteroatoms. The van der Waals surface area contributed by atoms with E-state index in [0.717, 1.165) is 30.0 Å². The number of nitrogens with one attached hydrogen (secondary N) is 1. The Kier molecular flexibility index (Phi) is 6.39. The molecular weight excluding hydrogens is 313 g/mol. The largest absolute Gasteiger partial charge is 0.460 e. The first-order chi connectivity index (χ1) is 10.8. The van der Waals surface area contributed by atoms with E-state index in [4.69, 9.17) is 4.42 Å². The van der Waals surface area contributed by atoms with Gasteiger partial charge in [0.25, 0.3) is 0 Å². The van der Waals surface area contributed by atoms with E-state index in [0.29, 0.717) is 6.54 Å².